The molecule has 0 amide bonds. The van der Waals surface area contributed by atoms with E-state index in [9.17, 15) is 14.4 Å². The van der Waals surface area contributed by atoms with Gasteiger partial charge in [0, 0.05) is 0 Å². The van der Waals surface area contributed by atoms with Crippen LogP contribution in [0.5, 0.6) is 0 Å². The molecule has 0 aliphatic rings. The van der Waals surface area contributed by atoms with Crippen LogP contribution in [0.15, 0.2) is 0 Å². The normalized spacial score (nSPS) is 8.15. The number of rotatable bonds is 4. The number of ketones is 1. The van der Waals surface area contributed by atoms with Crippen molar-refractivity contribution in [3.8, 4) is 0 Å². The molecule has 0 atom stereocenters. The number of carbonyl (C=O) groups excluding carboxylic acids is 3. The van der Waals surface area contributed by atoms with Crippen LogP contribution in [0.1, 0.15) is 13.8 Å². The van der Waals surface area contributed by atoms with Crippen LogP contribution < -0.4 is 0 Å². The quantitative estimate of drug-likeness (QED) is 0.318. The predicted molar refractivity (Wildman–Crippen MR) is 41.9 cm³/mol. The molecule has 0 aromatic heterocycles. The molecule has 76 valence electrons. The number of esters is 2. The van der Waals surface area contributed by atoms with Crippen LogP contribution >= 0.6 is 0 Å². The zero-order valence-electron chi connectivity index (χ0n) is 7.46. The lowest BCUT2D eigenvalue weighted by molar-refractivity contribution is -0.164. The van der Waals surface area contributed by atoms with Crippen LogP contribution in [-0.4, -0.2) is 36.4 Å². The second kappa shape index (κ2) is 7.23. The first kappa shape index (κ1) is 14.1. The van der Waals surface area contributed by atoms with Crippen molar-refractivity contribution in [3.63, 3.8) is 0 Å². The van der Waals surface area contributed by atoms with E-state index in [4.69, 9.17) is 0 Å². The highest BCUT2D eigenvalue weighted by molar-refractivity contribution is 6.60. The van der Waals surface area contributed by atoms with Gasteiger partial charge in [0.1, 0.15) is 0 Å². The van der Waals surface area contributed by atoms with Gasteiger partial charge in [-0.3, -0.25) is 4.79 Å². The van der Waals surface area contributed by atoms with Gasteiger partial charge in [0.25, 0.3) is 0 Å². The average molecular weight is 192 g/mol. The van der Waals surface area contributed by atoms with Crippen molar-refractivity contribution >= 4 is 17.7 Å². The number of Topliss-reactive ketones (excluding diaryl/α,β-unsaturated/α-hetero) is 1. The topological polar surface area (TPSA) is 101 Å². The van der Waals surface area contributed by atoms with Crippen LogP contribution in [0.2, 0.25) is 0 Å². The van der Waals surface area contributed by atoms with Gasteiger partial charge in [0.15, 0.2) is 0 Å². The summed E-state index contributed by atoms with van der Waals surface area (Å²) < 4.78 is 8.56. The van der Waals surface area contributed by atoms with Gasteiger partial charge < -0.3 is 14.9 Å². The molecule has 0 saturated carbocycles. The zero-order valence-corrected chi connectivity index (χ0v) is 7.46. The van der Waals surface area contributed by atoms with Crippen molar-refractivity contribution in [2.75, 3.05) is 13.2 Å². The van der Waals surface area contributed by atoms with E-state index >= 15 is 0 Å². The van der Waals surface area contributed by atoms with E-state index in [1.54, 1.807) is 0 Å². The van der Waals surface area contributed by atoms with Crippen LogP contribution in [0.25, 0.3) is 0 Å². The lowest BCUT2D eigenvalue weighted by atomic mass is 10.4. The van der Waals surface area contributed by atoms with Crippen LogP contribution in [0.3, 0.4) is 0 Å². The molecule has 0 saturated heterocycles. The second-order valence-corrected chi connectivity index (χ2v) is 1.77. The maximum atomic E-state index is 10.7. The molecule has 0 aliphatic carbocycles. The zero-order chi connectivity index (χ0) is 9.56. The highest BCUT2D eigenvalue weighted by Crippen LogP contribution is 1.85. The molecule has 0 aliphatic heterocycles. The van der Waals surface area contributed by atoms with E-state index in [1.165, 1.54) is 13.8 Å². The van der Waals surface area contributed by atoms with Gasteiger partial charge in [-0.2, -0.15) is 0 Å². The Bertz CT molecular complexity index is 177. The average Bonchev–Trinajstić information content (AvgIpc) is 2.04. The third-order valence-electron chi connectivity index (χ3n) is 0.922. The first-order valence-electron chi connectivity index (χ1n) is 3.51. The molecule has 0 spiro atoms. The van der Waals surface area contributed by atoms with Crippen molar-refractivity contribution < 1.29 is 29.3 Å². The van der Waals surface area contributed by atoms with Gasteiger partial charge in [0.05, 0.1) is 13.2 Å². The van der Waals surface area contributed by atoms with E-state index in [0.717, 1.165) is 0 Å². The maximum absolute atomic E-state index is 10.7. The molecule has 0 bridgehead atoms. The van der Waals surface area contributed by atoms with Gasteiger partial charge in [-0.15, -0.1) is 0 Å². The van der Waals surface area contributed by atoms with Gasteiger partial charge in [0.2, 0.25) is 0 Å². The molecule has 13 heavy (non-hydrogen) atoms. The molecular formula is C7H12O6. The maximum Gasteiger partial charge on any atom is 0.386 e. The minimum Gasteiger partial charge on any atom is -0.460 e. The summed E-state index contributed by atoms with van der Waals surface area (Å²) in [5.41, 5.74) is 0. The molecule has 6 nitrogen and oxygen atoms in total. The summed E-state index contributed by atoms with van der Waals surface area (Å²) in [6, 6.07) is 0. The number of carbonyl (C=O) groups is 3. The van der Waals surface area contributed by atoms with E-state index in [0.29, 0.717) is 0 Å². The Labute approximate surface area is 75.1 Å². The predicted octanol–water partition coefficient (Wildman–Crippen LogP) is -1.14. The Morgan fingerprint density at radius 2 is 1.23 bits per heavy atom. The SMILES string of the molecule is CCOC(=O)C(=O)C(=O)OCC.O. The Hall–Kier alpha value is -1.43. The highest BCUT2D eigenvalue weighted by atomic mass is 16.6. The van der Waals surface area contributed by atoms with Crippen LogP contribution in [-0.2, 0) is 23.9 Å². The molecule has 0 unspecified atom stereocenters. The standard InChI is InChI=1S/C7H10O5.H2O/c1-3-11-6(9)5(8)7(10)12-4-2;/h3-4H2,1-2H3;1H2. The van der Waals surface area contributed by atoms with Crippen LogP contribution in [0, 0.1) is 0 Å². The minimum atomic E-state index is -1.27. The van der Waals surface area contributed by atoms with Crippen LogP contribution in [0.4, 0.5) is 0 Å². The Morgan fingerprint density at radius 1 is 0.923 bits per heavy atom. The Balaban J connectivity index is 0. The van der Waals surface area contributed by atoms with Gasteiger partial charge in [-0.25, -0.2) is 9.59 Å². The Kier molecular flexibility index (Phi) is 7.85. The molecule has 0 heterocycles. The fraction of sp³-hybridized carbons (Fsp3) is 0.571. The van der Waals surface area contributed by atoms with Crippen molar-refractivity contribution in [1.82, 2.24) is 0 Å². The molecule has 0 rings (SSSR count). The first-order chi connectivity index (χ1) is 5.63. The lowest BCUT2D eigenvalue weighted by Gasteiger charge is -1.99. The number of hydrogen-bond acceptors (Lipinski definition) is 5. The summed E-state index contributed by atoms with van der Waals surface area (Å²) in [5.74, 6) is -3.61. The summed E-state index contributed by atoms with van der Waals surface area (Å²) in [5, 5.41) is 0. The fourth-order valence-corrected chi connectivity index (χ4v) is 0.477. The van der Waals surface area contributed by atoms with E-state index in [1.807, 2.05) is 0 Å². The highest BCUT2D eigenvalue weighted by Gasteiger charge is 2.25. The number of hydrogen-bond donors (Lipinski definition) is 0. The van der Waals surface area contributed by atoms with Gasteiger partial charge in [-0.1, -0.05) is 0 Å². The molecule has 0 aromatic rings. The summed E-state index contributed by atoms with van der Waals surface area (Å²) in [7, 11) is 0. The molecule has 6 heteroatoms. The monoisotopic (exact) mass is 192 g/mol. The molecule has 0 aromatic carbocycles. The van der Waals surface area contributed by atoms with E-state index < -0.39 is 17.7 Å². The third-order valence-corrected chi connectivity index (χ3v) is 0.922. The van der Waals surface area contributed by atoms with Crippen molar-refractivity contribution in [2.24, 2.45) is 0 Å². The van der Waals surface area contributed by atoms with Gasteiger partial charge in [-0.05, 0) is 13.8 Å². The lowest BCUT2D eigenvalue weighted by Crippen LogP contribution is -2.27. The third kappa shape index (κ3) is 4.91. The smallest absolute Gasteiger partial charge is 0.386 e. The molecule has 0 radical (unpaired) electrons. The molecular weight excluding hydrogens is 180 g/mol. The summed E-state index contributed by atoms with van der Waals surface area (Å²) >= 11 is 0. The largest absolute Gasteiger partial charge is 0.460 e. The summed E-state index contributed by atoms with van der Waals surface area (Å²) in [4.78, 5) is 31.8. The van der Waals surface area contributed by atoms with E-state index in [2.05, 4.69) is 9.47 Å². The fourth-order valence-electron chi connectivity index (χ4n) is 0.477. The van der Waals surface area contributed by atoms with Crippen molar-refractivity contribution in [2.45, 2.75) is 13.8 Å². The number of ether oxygens (including phenoxy) is 2. The first-order valence-corrected chi connectivity index (χ1v) is 3.51. The summed E-state index contributed by atoms with van der Waals surface area (Å²) in [6.07, 6.45) is 0. The van der Waals surface area contributed by atoms with Crippen molar-refractivity contribution in [3.05, 3.63) is 0 Å². The van der Waals surface area contributed by atoms with E-state index in [-0.39, 0.29) is 18.7 Å². The Morgan fingerprint density at radius 3 is 1.46 bits per heavy atom. The van der Waals surface area contributed by atoms with Crippen molar-refractivity contribution in [1.29, 1.82) is 0 Å². The molecule has 2 N–H and O–H groups in total. The minimum absolute atomic E-state index is 0. The second-order valence-electron chi connectivity index (χ2n) is 1.77. The molecule has 0 fully saturated rings. The summed E-state index contributed by atoms with van der Waals surface area (Å²) in [6.45, 7) is 3.20. The van der Waals surface area contributed by atoms with Gasteiger partial charge >= 0.3 is 17.7 Å².